The molecule has 0 amide bonds. The van der Waals surface area contributed by atoms with E-state index in [-0.39, 0.29) is 0 Å². The van der Waals surface area contributed by atoms with Gasteiger partial charge in [0.25, 0.3) is 0 Å². The van der Waals surface area contributed by atoms with Gasteiger partial charge < -0.3 is 10.6 Å². The molecule has 0 aromatic rings. The Balaban J connectivity index is 2.46. The Morgan fingerprint density at radius 2 is 2.55 bits per heavy atom. The first-order valence-electron chi connectivity index (χ1n) is 4.45. The molecule has 1 aliphatic rings. The van der Waals surface area contributed by atoms with Gasteiger partial charge in [0.15, 0.2) is 0 Å². The van der Waals surface area contributed by atoms with Crippen LogP contribution in [0.5, 0.6) is 0 Å². The summed E-state index contributed by atoms with van der Waals surface area (Å²) in [5.41, 5.74) is 1.55. The summed E-state index contributed by atoms with van der Waals surface area (Å²) in [7, 11) is 1.97. The highest BCUT2D eigenvalue weighted by Gasteiger charge is 2.16. The molecule has 0 saturated carbocycles. The van der Waals surface area contributed by atoms with E-state index in [1.54, 1.807) is 5.57 Å². The van der Waals surface area contributed by atoms with Crippen LogP contribution in [0.2, 0.25) is 0 Å². The zero-order chi connectivity index (χ0) is 8.10. The summed E-state index contributed by atoms with van der Waals surface area (Å²) < 4.78 is 0. The second kappa shape index (κ2) is 4.39. The van der Waals surface area contributed by atoms with Gasteiger partial charge in [-0.3, -0.25) is 0 Å². The number of hydrogen-bond acceptors (Lipinski definition) is 2. The average molecular weight is 154 g/mol. The van der Waals surface area contributed by atoms with E-state index in [9.17, 15) is 0 Å². The SMILES string of the molecule is CC/C(=C\NC)C1CCNC1. The first kappa shape index (κ1) is 8.60. The molecule has 0 aliphatic carbocycles. The van der Waals surface area contributed by atoms with E-state index in [1.807, 2.05) is 7.05 Å². The van der Waals surface area contributed by atoms with Crippen LogP contribution in [-0.2, 0) is 0 Å². The van der Waals surface area contributed by atoms with Crippen LogP contribution in [0.4, 0.5) is 0 Å². The molecule has 11 heavy (non-hydrogen) atoms. The molecule has 1 rings (SSSR count). The Morgan fingerprint density at radius 3 is 3.00 bits per heavy atom. The molecule has 0 bridgehead atoms. The summed E-state index contributed by atoms with van der Waals surface area (Å²) >= 11 is 0. The molecule has 0 spiro atoms. The van der Waals surface area contributed by atoms with E-state index in [0.29, 0.717) is 0 Å². The van der Waals surface area contributed by atoms with Gasteiger partial charge in [-0.2, -0.15) is 0 Å². The lowest BCUT2D eigenvalue weighted by Gasteiger charge is -2.11. The van der Waals surface area contributed by atoms with Crippen molar-refractivity contribution in [2.24, 2.45) is 5.92 Å². The van der Waals surface area contributed by atoms with Gasteiger partial charge in [-0.1, -0.05) is 12.5 Å². The van der Waals surface area contributed by atoms with E-state index in [4.69, 9.17) is 0 Å². The van der Waals surface area contributed by atoms with Gasteiger partial charge in [-0.05, 0) is 31.5 Å². The van der Waals surface area contributed by atoms with E-state index < -0.39 is 0 Å². The van der Waals surface area contributed by atoms with Crippen molar-refractivity contribution in [3.8, 4) is 0 Å². The number of nitrogens with one attached hydrogen (secondary N) is 2. The fourth-order valence-corrected chi connectivity index (χ4v) is 1.67. The van der Waals surface area contributed by atoms with E-state index in [1.165, 1.54) is 25.9 Å². The smallest absolute Gasteiger partial charge is 0.00276 e. The maximum atomic E-state index is 3.38. The van der Waals surface area contributed by atoms with Crippen LogP contribution in [0.3, 0.4) is 0 Å². The van der Waals surface area contributed by atoms with Crippen LogP contribution >= 0.6 is 0 Å². The molecule has 1 atom stereocenters. The van der Waals surface area contributed by atoms with Crippen molar-refractivity contribution in [2.75, 3.05) is 20.1 Å². The second-order valence-electron chi connectivity index (χ2n) is 3.05. The molecule has 64 valence electrons. The van der Waals surface area contributed by atoms with Crippen LogP contribution in [-0.4, -0.2) is 20.1 Å². The molecular weight excluding hydrogens is 136 g/mol. The molecule has 2 N–H and O–H groups in total. The third-order valence-electron chi connectivity index (χ3n) is 2.32. The van der Waals surface area contributed by atoms with Crippen molar-refractivity contribution in [1.82, 2.24) is 10.6 Å². The average Bonchev–Trinajstić information content (AvgIpc) is 2.52. The van der Waals surface area contributed by atoms with Gasteiger partial charge in [0.2, 0.25) is 0 Å². The predicted molar refractivity (Wildman–Crippen MR) is 48.4 cm³/mol. The Hall–Kier alpha value is -0.500. The van der Waals surface area contributed by atoms with Gasteiger partial charge in [0, 0.05) is 13.6 Å². The molecule has 1 fully saturated rings. The van der Waals surface area contributed by atoms with Crippen molar-refractivity contribution in [3.63, 3.8) is 0 Å². The first-order chi connectivity index (χ1) is 5.38. The maximum absolute atomic E-state index is 3.38. The molecule has 0 aromatic heterocycles. The Kier molecular flexibility index (Phi) is 3.43. The van der Waals surface area contributed by atoms with E-state index >= 15 is 0 Å². The summed E-state index contributed by atoms with van der Waals surface area (Å²) in [4.78, 5) is 0. The normalized spacial score (nSPS) is 25.6. The minimum atomic E-state index is 0.785. The number of hydrogen-bond donors (Lipinski definition) is 2. The Morgan fingerprint density at radius 1 is 1.73 bits per heavy atom. The van der Waals surface area contributed by atoms with Gasteiger partial charge >= 0.3 is 0 Å². The Bertz CT molecular complexity index is 134. The zero-order valence-corrected chi connectivity index (χ0v) is 7.48. The quantitative estimate of drug-likeness (QED) is 0.636. The molecule has 2 nitrogen and oxygen atoms in total. The number of rotatable bonds is 3. The highest BCUT2D eigenvalue weighted by atomic mass is 14.9. The lowest BCUT2D eigenvalue weighted by Crippen LogP contribution is -2.12. The second-order valence-corrected chi connectivity index (χ2v) is 3.05. The first-order valence-corrected chi connectivity index (χ1v) is 4.45. The third kappa shape index (κ3) is 2.22. The van der Waals surface area contributed by atoms with Gasteiger partial charge in [0.1, 0.15) is 0 Å². The zero-order valence-electron chi connectivity index (χ0n) is 7.48. The van der Waals surface area contributed by atoms with Crippen LogP contribution in [0.15, 0.2) is 11.8 Å². The van der Waals surface area contributed by atoms with Crippen molar-refractivity contribution in [3.05, 3.63) is 11.8 Å². The van der Waals surface area contributed by atoms with Crippen LogP contribution in [0, 0.1) is 5.92 Å². The molecule has 1 saturated heterocycles. The molecule has 2 heteroatoms. The monoisotopic (exact) mass is 154 g/mol. The lowest BCUT2D eigenvalue weighted by molar-refractivity contribution is 0.650. The van der Waals surface area contributed by atoms with Crippen molar-refractivity contribution < 1.29 is 0 Å². The highest BCUT2D eigenvalue weighted by molar-refractivity contribution is 5.07. The highest BCUT2D eigenvalue weighted by Crippen LogP contribution is 2.19. The summed E-state index contributed by atoms with van der Waals surface area (Å²) in [6.45, 7) is 4.58. The molecule has 1 heterocycles. The Labute approximate surface area is 69.1 Å². The van der Waals surface area contributed by atoms with E-state index in [0.717, 1.165) is 5.92 Å². The fourth-order valence-electron chi connectivity index (χ4n) is 1.67. The van der Waals surface area contributed by atoms with Crippen LogP contribution in [0.25, 0.3) is 0 Å². The topological polar surface area (TPSA) is 24.1 Å². The summed E-state index contributed by atoms with van der Waals surface area (Å²) in [6.07, 6.45) is 4.63. The largest absolute Gasteiger partial charge is 0.394 e. The molecule has 1 unspecified atom stereocenters. The fraction of sp³-hybridized carbons (Fsp3) is 0.778. The summed E-state index contributed by atoms with van der Waals surface area (Å²) in [5.74, 6) is 0.785. The third-order valence-corrected chi connectivity index (χ3v) is 2.32. The standard InChI is InChI=1S/C9H18N2/c1-3-8(6-10-2)9-4-5-11-7-9/h6,9-11H,3-5,7H2,1-2H3/b8-6+. The molecule has 0 aromatic carbocycles. The van der Waals surface area contributed by atoms with Gasteiger partial charge in [-0.25, -0.2) is 0 Å². The summed E-state index contributed by atoms with van der Waals surface area (Å²) in [6, 6.07) is 0. The maximum Gasteiger partial charge on any atom is 0.00276 e. The molecule has 1 aliphatic heterocycles. The van der Waals surface area contributed by atoms with Gasteiger partial charge in [-0.15, -0.1) is 0 Å². The van der Waals surface area contributed by atoms with Crippen LogP contribution < -0.4 is 10.6 Å². The lowest BCUT2D eigenvalue weighted by atomic mass is 9.97. The summed E-state index contributed by atoms with van der Waals surface area (Å²) in [5, 5.41) is 6.48. The van der Waals surface area contributed by atoms with Crippen molar-refractivity contribution in [1.29, 1.82) is 0 Å². The van der Waals surface area contributed by atoms with Crippen molar-refractivity contribution >= 4 is 0 Å². The molecule has 0 radical (unpaired) electrons. The van der Waals surface area contributed by atoms with Crippen molar-refractivity contribution in [2.45, 2.75) is 19.8 Å². The van der Waals surface area contributed by atoms with E-state index in [2.05, 4.69) is 23.8 Å². The molecular formula is C9H18N2. The minimum Gasteiger partial charge on any atom is -0.394 e. The van der Waals surface area contributed by atoms with Crippen LogP contribution in [0.1, 0.15) is 19.8 Å². The van der Waals surface area contributed by atoms with Gasteiger partial charge in [0.05, 0.1) is 0 Å². The minimum absolute atomic E-state index is 0.785. The predicted octanol–water partition coefficient (Wildman–Crippen LogP) is 1.11.